The summed E-state index contributed by atoms with van der Waals surface area (Å²) in [5.74, 6) is 0.595. The van der Waals surface area contributed by atoms with Crippen LogP contribution in [0.3, 0.4) is 0 Å². The van der Waals surface area contributed by atoms with Gasteiger partial charge in [0.25, 0.3) is 5.56 Å². The third-order valence-electron chi connectivity index (χ3n) is 6.98. The van der Waals surface area contributed by atoms with E-state index in [1.54, 1.807) is 11.6 Å². The summed E-state index contributed by atoms with van der Waals surface area (Å²) in [6.07, 6.45) is 2.02. The topological polar surface area (TPSA) is 43.1 Å². The van der Waals surface area contributed by atoms with Crippen LogP contribution in [0.4, 0.5) is 5.95 Å². The fourth-order valence-electron chi connectivity index (χ4n) is 5.28. The SMILES string of the molecule is Cc1cc(C)c(-c2cn(C)c3nc(N(Cc4ccc(Cl)cc4)Cc4ccc(Cl)cc4)n(C)c(=O)c23)c(C)c1. The van der Waals surface area contributed by atoms with E-state index in [0.717, 1.165) is 33.4 Å². The molecule has 0 radical (unpaired) electrons. The van der Waals surface area contributed by atoms with Crippen molar-refractivity contribution in [2.24, 2.45) is 14.1 Å². The van der Waals surface area contributed by atoms with E-state index in [1.165, 1.54) is 5.56 Å². The van der Waals surface area contributed by atoms with Gasteiger partial charge in [0.05, 0.1) is 5.39 Å². The van der Waals surface area contributed by atoms with Crippen molar-refractivity contribution in [2.75, 3.05) is 4.90 Å². The molecule has 0 N–H and O–H groups in total. The second-order valence-electron chi connectivity index (χ2n) is 10.0. The largest absolute Gasteiger partial charge is 0.335 e. The first-order valence-electron chi connectivity index (χ1n) is 12.5. The number of benzene rings is 3. The van der Waals surface area contributed by atoms with Gasteiger partial charge in [0, 0.05) is 49.0 Å². The minimum atomic E-state index is -0.0720. The molecule has 0 fully saturated rings. The normalized spacial score (nSPS) is 11.3. The van der Waals surface area contributed by atoms with E-state index in [-0.39, 0.29) is 5.56 Å². The molecule has 3 aromatic carbocycles. The second kappa shape index (κ2) is 10.3. The zero-order chi connectivity index (χ0) is 27.1. The highest BCUT2D eigenvalue weighted by molar-refractivity contribution is 6.30. The molecule has 0 atom stereocenters. The van der Waals surface area contributed by atoms with Crippen molar-refractivity contribution >= 4 is 40.2 Å². The molecule has 194 valence electrons. The summed E-state index contributed by atoms with van der Waals surface area (Å²) in [4.78, 5) is 21.2. The van der Waals surface area contributed by atoms with Crippen LogP contribution in [0.1, 0.15) is 27.8 Å². The van der Waals surface area contributed by atoms with E-state index in [4.69, 9.17) is 28.2 Å². The van der Waals surface area contributed by atoms with Gasteiger partial charge in [-0.3, -0.25) is 9.36 Å². The predicted molar refractivity (Wildman–Crippen MR) is 158 cm³/mol. The van der Waals surface area contributed by atoms with Crippen molar-refractivity contribution in [3.63, 3.8) is 0 Å². The lowest BCUT2D eigenvalue weighted by Crippen LogP contribution is -2.31. The zero-order valence-corrected chi connectivity index (χ0v) is 23.7. The third-order valence-corrected chi connectivity index (χ3v) is 7.48. The van der Waals surface area contributed by atoms with Crippen molar-refractivity contribution in [2.45, 2.75) is 33.9 Å². The second-order valence-corrected chi connectivity index (χ2v) is 10.9. The zero-order valence-electron chi connectivity index (χ0n) is 22.2. The van der Waals surface area contributed by atoms with E-state index in [9.17, 15) is 4.79 Å². The molecule has 0 aliphatic rings. The Kier molecular flexibility index (Phi) is 7.08. The van der Waals surface area contributed by atoms with Crippen LogP contribution in [0.2, 0.25) is 10.0 Å². The molecule has 5 nitrogen and oxygen atoms in total. The predicted octanol–water partition coefficient (Wildman–Crippen LogP) is 7.38. The highest BCUT2D eigenvalue weighted by Crippen LogP contribution is 2.34. The van der Waals surface area contributed by atoms with Gasteiger partial charge in [-0.25, -0.2) is 0 Å². The highest BCUT2D eigenvalue weighted by atomic mass is 35.5. The van der Waals surface area contributed by atoms with E-state index in [2.05, 4.69) is 37.8 Å². The molecule has 7 heteroatoms. The Bertz CT molecular complexity index is 1630. The fraction of sp³-hybridized carbons (Fsp3) is 0.226. The number of aromatic nitrogens is 3. The van der Waals surface area contributed by atoms with Crippen LogP contribution in [0, 0.1) is 20.8 Å². The molecule has 2 aromatic heterocycles. The molecule has 0 amide bonds. The Balaban J connectivity index is 1.67. The number of anilines is 1. The maximum Gasteiger partial charge on any atom is 0.264 e. The number of nitrogens with zero attached hydrogens (tertiary/aromatic N) is 4. The quantitative estimate of drug-likeness (QED) is 0.224. The molecule has 0 bridgehead atoms. The summed E-state index contributed by atoms with van der Waals surface area (Å²) in [6, 6.07) is 19.8. The van der Waals surface area contributed by atoms with Crippen LogP contribution < -0.4 is 10.5 Å². The molecule has 5 aromatic rings. The standard InChI is InChI=1S/C31H30Cl2N4O/c1-19-14-20(2)27(21(3)15-19)26-18-35(4)29-28(26)30(38)36(5)31(34-29)37(16-22-6-10-24(32)11-7-22)17-23-8-12-25(33)13-9-23/h6-15,18H,16-17H2,1-5H3. The van der Waals surface area contributed by atoms with Gasteiger partial charge in [0.2, 0.25) is 5.95 Å². The van der Waals surface area contributed by atoms with Crippen molar-refractivity contribution < 1.29 is 0 Å². The molecule has 5 rings (SSSR count). The number of hydrogen-bond acceptors (Lipinski definition) is 3. The molecule has 0 spiro atoms. The van der Waals surface area contributed by atoms with Crippen LogP contribution >= 0.6 is 23.2 Å². The number of fused-ring (bicyclic) bond motifs is 1. The van der Waals surface area contributed by atoms with Crippen LogP contribution in [0.25, 0.3) is 22.2 Å². The summed E-state index contributed by atoms with van der Waals surface area (Å²) in [7, 11) is 3.75. The van der Waals surface area contributed by atoms with Crippen molar-refractivity contribution in [3.8, 4) is 11.1 Å². The number of halogens is 2. The molecule has 0 saturated heterocycles. The highest BCUT2D eigenvalue weighted by Gasteiger charge is 2.22. The number of hydrogen-bond donors (Lipinski definition) is 0. The van der Waals surface area contributed by atoms with Gasteiger partial charge in [0.1, 0.15) is 5.65 Å². The summed E-state index contributed by atoms with van der Waals surface area (Å²) in [5.41, 5.74) is 8.23. The molecule has 0 aliphatic carbocycles. The summed E-state index contributed by atoms with van der Waals surface area (Å²) in [5, 5.41) is 2.00. The van der Waals surface area contributed by atoms with Gasteiger partial charge >= 0.3 is 0 Å². The van der Waals surface area contributed by atoms with Gasteiger partial charge in [0.15, 0.2) is 0 Å². The van der Waals surface area contributed by atoms with E-state index >= 15 is 0 Å². The average molecular weight is 546 g/mol. The van der Waals surface area contributed by atoms with Gasteiger partial charge in [-0.15, -0.1) is 0 Å². The monoisotopic (exact) mass is 544 g/mol. The Hall–Kier alpha value is -3.54. The van der Waals surface area contributed by atoms with Gasteiger partial charge in [-0.2, -0.15) is 4.98 Å². The first kappa shape index (κ1) is 26.1. The molecular formula is C31H30Cl2N4O. The molecule has 0 aliphatic heterocycles. The van der Waals surface area contributed by atoms with Gasteiger partial charge < -0.3 is 9.47 Å². The maximum atomic E-state index is 14.0. The number of rotatable bonds is 6. The van der Waals surface area contributed by atoms with Crippen molar-refractivity contribution in [3.05, 3.63) is 115 Å². The third kappa shape index (κ3) is 4.96. The lowest BCUT2D eigenvalue weighted by Gasteiger charge is -2.26. The van der Waals surface area contributed by atoms with Crippen LogP contribution in [0.5, 0.6) is 0 Å². The van der Waals surface area contributed by atoms with Crippen LogP contribution in [-0.2, 0) is 27.2 Å². The minimum Gasteiger partial charge on any atom is -0.335 e. The smallest absolute Gasteiger partial charge is 0.264 e. The molecule has 38 heavy (non-hydrogen) atoms. The Morgan fingerprint density at radius 1 is 0.816 bits per heavy atom. The summed E-state index contributed by atoms with van der Waals surface area (Å²) >= 11 is 12.3. The molecule has 0 unspecified atom stereocenters. The van der Waals surface area contributed by atoms with E-state index < -0.39 is 0 Å². The molecular weight excluding hydrogens is 515 g/mol. The summed E-state index contributed by atoms with van der Waals surface area (Å²) < 4.78 is 3.62. The van der Waals surface area contributed by atoms with Gasteiger partial charge in [-0.1, -0.05) is 65.2 Å². The van der Waals surface area contributed by atoms with Gasteiger partial charge in [-0.05, 0) is 72.9 Å². The van der Waals surface area contributed by atoms with E-state index in [0.29, 0.717) is 40.1 Å². The molecule has 2 heterocycles. The Labute approximate surface area is 232 Å². The Morgan fingerprint density at radius 3 is 1.82 bits per heavy atom. The van der Waals surface area contributed by atoms with Crippen molar-refractivity contribution in [1.29, 1.82) is 0 Å². The van der Waals surface area contributed by atoms with E-state index in [1.807, 2.05) is 66.3 Å². The number of aryl methyl sites for hydroxylation is 4. The maximum absolute atomic E-state index is 14.0. The fourth-order valence-corrected chi connectivity index (χ4v) is 5.54. The van der Waals surface area contributed by atoms with Crippen LogP contribution in [0.15, 0.2) is 71.7 Å². The molecule has 0 saturated carbocycles. The van der Waals surface area contributed by atoms with Crippen molar-refractivity contribution in [1.82, 2.24) is 14.1 Å². The lowest BCUT2D eigenvalue weighted by molar-refractivity contribution is 0.706. The first-order valence-corrected chi connectivity index (χ1v) is 13.3. The Morgan fingerprint density at radius 2 is 1.32 bits per heavy atom. The lowest BCUT2D eigenvalue weighted by atomic mass is 9.94. The van der Waals surface area contributed by atoms with Crippen LogP contribution in [-0.4, -0.2) is 14.1 Å². The first-order chi connectivity index (χ1) is 18.1. The summed E-state index contributed by atoms with van der Waals surface area (Å²) in [6.45, 7) is 7.40. The minimum absolute atomic E-state index is 0.0720. The average Bonchev–Trinajstić information content (AvgIpc) is 3.18.